The highest BCUT2D eigenvalue weighted by atomic mass is 79.9. The zero-order valence-electron chi connectivity index (χ0n) is 10.2. The maximum Gasteiger partial charge on any atom is 0.259 e. The third-order valence-corrected chi connectivity index (χ3v) is 3.62. The lowest BCUT2D eigenvalue weighted by Crippen LogP contribution is -2.14. The maximum atomic E-state index is 12.1. The van der Waals surface area contributed by atoms with Gasteiger partial charge >= 0.3 is 0 Å². The SMILES string of the molecule is CSc1cccc(NC(=O)c2cc(Br)cnc2N)c1. The van der Waals surface area contributed by atoms with Crippen molar-refractivity contribution in [3.05, 3.63) is 46.6 Å². The first-order valence-electron chi connectivity index (χ1n) is 5.46. The minimum absolute atomic E-state index is 0.210. The van der Waals surface area contributed by atoms with E-state index in [9.17, 15) is 4.79 Å². The van der Waals surface area contributed by atoms with Crippen LogP contribution in [-0.4, -0.2) is 17.1 Å². The summed E-state index contributed by atoms with van der Waals surface area (Å²) >= 11 is 4.89. The number of rotatable bonds is 3. The van der Waals surface area contributed by atoms with Crippen molar-refractivity contribution >= 4 is 45.1 Å². The van der Waals surface area contributed by atoms with Gasteiger partial charge in [-0.25, -0.2) is 4.98 Å². The van der Waals surface area contributed by atoms with Crippen LogP contribution in [0, 0.1) is 0 Å². The first-order chi connectivity index (χ1) is 9.10. The molecule has 2 rings (SSSR count). The van der Waals surface area contributed by atoms with Crippen LogP contribution in [0.15, 0.2) is 45.9 Å². The molecule has 0 saturated heterocycles. The quantitative estimate of drug-likeness (QED) is 0.842. The maximum absolute atomic E-state index is 12.1. The van der Waals surface area contributed by atoms with Crippen LogP contribution >= 0.6 is 27.7 Å². The van der Waals surface area contributed by atoms with Crippen molar-refractivity contribution in [1.82, 2.24) is 4.98 Å². The molecule has 0 unspecified atom stereocenters. The number of nitrogens with two attached hydrogens (primary N) is 1. The lowest BCUT2D eigenvalue weighted by Gasteiger charge is -2.08. The summed E-state index contributed by atoms with van der Waals surface area (Å²) in [6.07, 6.45) is 3.54. The number of anilines is 2. The molecule has 0 bridgehead atoms. The standard InChI is InChI=1S/C13H12BrN3OS/c1-19-10-4-2-3-9(6-10)17-13(18)11-5-8(14)7-16-12(11)15/h2-7H,1H3,(H2,15,16)(H,17,18). The van der Waals surface area contributed by atoms with Crippen molar-refractivity contribution in [1.29, 1.82) is 0 Å². The van der Waals surface area contributed by atoms with Gasteiger partial charge in [0.2, 0.25) is 0 Å². The molecule has 6 heteroatoms. The molecule has 0 saturated carbocycles. The molecule has 19 heavy (non-hydrogen) atoms. The summed E-state index contributed by atoms with van der Waals surface area (Å²) in [7, 11) is 0. The zero-order valence-corrected chi connectivity index (χ0v) is 12.6. The van der Waals surface area contributed by atoms with Gasteiger partial charge in [0.25, 0.3) is 5.91 Å². The Morgan fingerprint density at radius 1 is 1.42 bits per heavy atom. The molecule has 1 aromatic heterocycles. The Morgan fingerprint density at radius 3 is 2.95 bits per heavy atom. The molecule has 2 aromatic rings. The molecule has 0 atom stereocenters. The molecule has 0 fully saturated rings. The van der Waals surface area contributed by atoms with E-state index < -0.39 is 0 Å². The van der Waals surface area contributed by atoms with Gasteiger partial charge in [-0.1, -0.05) is 6.07 Å². The molecule has 0 aliphatic heterocycles. The number of carbonyl (C=O) groups is 1. The van der Waals surface area contributed by atoms with Crippen LogP contribution in [-0.2, 0) is 0 Å². The third-order valence-electron chi connectivity index (χ3n) is 2.46. The van der Waals surface area contributed by atoms with E-state index in [1.807, 2.05) is 30.5 Å². The second-order valence-corrected chi connectivity index (χ2v) is 5.57. The highest BCUT2D eigenvalue weighted by Crippen LogP contribution is 2.21. The monoisotopic (exact) mass is 337 g/mol. The van der Waals surface area contributed by atoms with Crippen LogP contribution in [0.3, 0.4) is 0 Å². The predicted molar refractivity (Wildman–Crippen MR) is 82.5 cm³/mol. The van der Waals surface area contributed by atoms with Gasteiger partial charge < -0.3 is 11.1 Å². The van der Waals surface area contributed by atoms with E-state index in [4.69, 9.17) is 5.73 Å². The average Bonchev–Trinajstić information content (AvgIpc) is 2.41. The third kappa shape index (κ3) is 3.48. The van der Waals surface area contributed by atoms with E-state index in [1.54, 1.807) is 24.0 Å². The van der Waals surface area contributed by atoms with E-state index in [1.165, 1.54) is 0 Å². The molecular weight excluding hydrogens is 326 g/mol. The van der Waals surface area contributed by atoms with Crippen LogP contribution in [0.5, 0.6) is 0 Å². The predicted octanol–water partition coefficient (Wildman–Crippen LogP) is 3.40. The lowest BCUT2D eigenvalue weighted by molar-refractivity contribution is 0.102. The number of benzene rings is 1. The first-order valence-corrected chi connectivity index (χ1v) is 7.48. The number of hydrogen-bond donors (Lipinski definition) is 2. The molecule has 1 heterocycles. The zero-order chi connectivity index (χ0) is 13.8. The van der Waals surface area contributed by atoms with Gasteiger partial charge in [0.1, 0.15) is 5.82 Å². The summed E-state index contributed by atoms with van der Waals surface area (Å²) in [5.74, 6) is -0.0636. The summed E-state index contributed by atoms with van der Waals surface area (Å²) in [6.45, 7) is 0. The summed E-state index contributed by atoms with van der Waals surface area (Å²) in [4.78, 5) is 17.2. The number of halogens is 1. The number of pyridine rings is 1. The molecule has 0 aliphatic rings. The highest BCUT2D eigenvalue weighted by Gasteiger charge is 2.11. The first kappa shape index (κ1) is 13.9. The topological polar surface area (TPSA) is 68.0 Å². The van der Waals surface area contributed by atoms with Crippen LogP contribution < -0.4 is 11.1 Å². The number of nitrogen functional groups attached to an aromatic ring is 1. The number of hydrogen-bond acceptors (Lipinski definition) is 4. The summed E-state index contributed by atoms with van der Waals surface area (Å²) in [6, 6.07) is 9.26. The van der Waals surface area contributed by atoms with Gasteiger partial charge in [0, 0.05) is 21.3 Å². The Balaban J connectivity index is 2.23. The Bertz CT molecular complexity index is 619. The number of amides is 1. The number of carbonyl (C=O) groups excluding carboxylic acids is 1. The normalized spacial score (nSPS) is 10.2. The van der Waals surface area contributed by atoms with Crippen molar-refractivity contribution in [2.45, 2.75) is 4.90 Å². The molecule has 1 amide bonds. The Hall–Kier alpha value is -1.53. The van der Waals surface area contributed by atoms with Gasteiger partial charge in [-0.05, 0) is 46.5 Å². The number of nitrogens with zero attached hydrogens (tertiary/aromatic N) is 1. The minimum Gasteiger partial charge on any atom is -0.383 e. The van der Waals surface area contributed by atoms with Crippen LogP contribution in [0.25, 0.3) is 0 Å². The summed E-state index contributed by atoms with van der Waals surface area (Å²) in [5.41, 5.74) is 6.79. The average molecular weight is 338 g/mol. The summed E-state index contributed by atoms with van der Waals surface area (Å²) < 4.78 is 0.713. The molecule has 4 nitrogen and oxygen atoms in total. The van der Waals surface area contributed by atoms with Crippen molar-refractivity contribution in [3.8, 4) is 0 Å². The van der Waals surface area contributed by atoms with Crippen LogP contribution in [0.1, 0.15) is 10.4 Å². The van der Waals surface area contributed by atoms with E-state index >= 15 is 0 Å². The van der Waals surface area contributed by atoms with Crippen molar-refractivity contribution < 1.29 is 4.79 Å². The highest BCUT2D eigenvalue weighted by molar-refractivity contribution is 9.10. The molecule has 0 aliphatic carbocycles. The van der Waals surface area contributed by atoms with Crippen LogP contribution in [0.4, 0.5) is 11.5 Å². The second-order valence-electron chi connectivity index (χ2n) is 3.77. The van der Waals surface area contributed by atoms with Crippen molar-refractivity contribution in [2.24, 2.45) is 0 Å². The summed E-state index contributed by atoms with van der Waals surface area (Å²) in [5, 5.41) is 2.81. The van der Waals surface area contributed by atoms with Gasteiger partial charge in [0.05, 0.1) is 5.56 Å². The minimum atomic E-state index is -0.274. The fraction of sp³-hybridized carbons (Fsp3) is 0.0769. The Labute approximate surface area is 123 Å². The largest absolute Gasteiger partial charge is 0.383 e. The fourth-order valence-electron chi connectivity index (χ4n) is 1.53. The molecule has 0 radical (unpaired) electrons. The number of nitrogens with one attached hydrogen (secondary N) is 1. The number of thioether (sulfide) groups is 1. The second kappa shape index (κ2) is 6.08. The molecule has 1 aromatic carbocycles. The molecule has 3 N–H and O–H groups in total. The molecule has 0 spiro atoms. The Kier molecular flexibility index (Phi) is 4.44. The van der Waals surface area contributed by atoms with E-state index in [0.717, 1.165) is 10.6 Å². The van der Waals surface area contributed by atoms with E-state index in [-0.39, 0.29) is 11.7 Å². The van der Waals surface area contributed by atoms with E-state index in [0.29, 0.717) is 10.0 Å². The van der Waals surface area contributed by atoms with Gasteiger partial charge in [-0.2, -0.15) is 0 Å². The molecular formula is C13H12BrN3OS. The van der Waals surface area contributed by atoms with Gasteiger partial charge in [0.15, 0.2) is 0 Å². The lowest BCUT2D eigenvalue weighted by atomic mass is 10.2. The van der Waals surface area contributed by atoms with Gasteiger partial charge in [-0.3, -0.25) is 4.79 Å². The van der Waals surface area contributed by atoms with Crippen molar-refractivity contribution in [2.75, 3.05) is 17.3 Å². The van der Waals surface area contributed by atoms with E-state index in [2.05, 4.69) is 26.2 Å². The van der Waals surface area contributed by atoms with Crippen molar-refractivity contribution in [3.63, 3.8) is 0 Å². The van der Waals surface area contributed by atoms with Crippen LogP contribution in [0.2, 0.25) is 0 Å². The Morgan fingerprint density at radius 2 is 2.21 bits per heavy atom. The smallest absolute Gasteiger partial charge is 0.259 e. The fourth-order valence-corrected chi connectivity index (χ4v) is 2.32. The molecule has 98 valence electrons. The van der Waals surface area contributed by atoms with Gasteiger partial charge in [-0.15, -0.1) is 11.8 Å². The number of aromatic nitrogens is 1.